The molecule has 0 radical (unpaired) electrons. The van der Waals surface area contributed by atoms with Gasteiger partial charge in [-0.3, -0.25) is 4.98 Å². The minimum Gasteiger partial charge on any atom is -0.372 e. The van der Waals surface area contributed by atoms with E-state index >= 15 is 0 Å². The third kappa shape index (κ3) is 2.18. The van der Waals surface area contributed by atoms with E-state index in [2.05, 4.69) is 35.0 Å². The minimum absolute atomic E-state index is 0.881. The van der Waals surface area contributed by atoms with Crippen molar-refractivity contribution in [1.29, 1.82) is 0 Å². The Bertz CT molecular complexity index is 616. The summed E-state index contributed by atoms with van der Waals surface area (Å²) in [6.07, 6.45) is 3.51. The molecular weight excluding hydrogens is 256 g/mol. The van der Waals surface area contributed by atoms with E-state index in [-0.39, 0.29) is 0 Å². The highest BCUT2D eigenvalue weighted by molar-refractivity contribution is 6.36. The molecule has 1 saturated heterocycles. The Morgan fingerprint density at radius 2 is 2.00 bits per heavy atom. The zero-order valence-corrected chi connectivity index (χ0v) is 12.3. The van der Waals surface area contributed by atoms with Crippen LogP contribution in [-0.4, -0.2) is 18.1 Å². The summed E-state index contributed by atoms with van der Waals surface area (Å²) in [5.74, 6) is 0. The summed E-state index contributed by atoms with van der Waals surface area (Å²) in [7, 11) is 0. The maximum atomic E-state index is 6.57. The maximum Gasteiger partial charge on any atom is 0.0721 e. The first-order valence-electron chi connectivity index (χ1n) is 7.04. The molecule has 0 amide bonds. The summed E-state index contributed by atoms with van der Waals surface area (Å²) in [6.45, 7) is 6.48. The van der Waals surface area contributed by atoms with Gasteiger partial charge in [0.05, 0.1) is 10.5 Å². The molecule has 3 heteroatoms. The van der Waals surface area contributed by atoms with Gasteiger partial charge >= 0.3 is 0 Å². The average molecular weight is 275 g/mol. The van der Waals surface area contributed by atoms with Gasteiger partial charge in [-0.25, -0.2) is 0 Å². The molecule has 2 aromatic rings. The van der Waals surface area contributed by atoms with Gasteiger partial charge in [0.15, 0.2) is 0 Å². The van der Waals surface area contributed by atoms with Crippen LogP contribution in [0, 0.1) is 6.92 Å². The fraction of sp³-hybridized carbons (Fsp3) is 0.438. The van der Waals surface area contributed by atoms with Crippen LogP contribution in [0.15, 0.2) is 18.2 Å². The van der Waals surface area contributed by atoms with Crippen LogP contribution in [0.2, 0.25) is 5.02 Å². The number of anilines is 1. The van der Waals surface area contributed by atoms with E-state index in [9.17, 15) is 0 Å². The van der Waals surface area contributed by atoms with Crippen LogP contribution in [0.25, 0.3) is 10.9 Å². The van der Waals surface area contributed by atoms with Gasteiger partial charge in [0.2, 0.25) is 0 Å². The van der Waals surface area contributed by atoms with Crippen molar-refractivity contribution in [2.24, 2.45) is 0 Å². The third-order valence-corrected chi connectivity index (χ3v) is 4.46. The molecule has 1 aliphatic rings. The number of rotatable bonds is 2. The van der Waals surface area contributed by atoms with Crippen molar-refractivity contribution < 1.29 is 0 Å². The highest BCUT2D eigenvalue weighted by Gasteiger charge is 2.15. The van der Waals surface area contributed by atoms with E-state index in [1.807, 2.05) is 6.92 Å². The van der Waals surface area contributed by atoms with E-state index < -0.39 is 0 Å². The van der Waals surface area contributed by atoms with Gasteiger partial charge < -0.3 is 4.90 Å². The highest BCUT2D eigenvalue weighted by atomic mass is 35.5. The smallest absolute Gasteiger partial charge is 0.0721 e. The fourth-order valence-electron chi connectivity index (χ4n) is 2.95. The predicted molar refractivity (Wildman–Crippen MR) is 82.3 cm³/mol. The van der Waals surface area contributed by atoms with Crippen LogP contribution < -0.4 is 4.90 Å². The minimum atomic E-state index is 0.881. The number of fused-ring (bicyclic) bond motifs is 1. The van der Waals surface area contributed by atoms with Crippen molar-refractivity contribution >= 4 is 28.2 Å². The molecule has 19 heavy (non-hydrogen) atoms. The lowest BCUT2D eigenvalue weighted by Gasteiger charge is -2.19. The van der Waals surface area contributed by atoms with E-state index in [1.165, 1.54) is 24.1 Å². The monoisotopic (exact) mass is 274 g/mol. The number of benzene rings is 1. The van der Waals surface area contributed by atoms with Gasteiger partial charge in [0, 0.05) is 29.9 Å². The molecule has 3 rings (SSSR count). The van der Waals surface area contributed by atoms with Crippen LogP contribution in [-0.2, 0) is 6.42 Å². The second kappa shape index (κ2) is 5.01. The van der Waals surface area contributed by atoms with Crippen molar-refractivity contribution in [2.45, 2.75) is 33.1 Å². The van der Waals surface area contributed by atoms with Gasteiger partial charge in [-0.05, 0) is 49.9 Å². The molecule has 0 saturated carbocycles. The summed E-state index contributed by atoms with van der Waals surface area (Å²) >= 11 is 6.57. The van der Waals surface area contributed by atoms with Crippen LogP contribution in [0.5, 0.6) is 0 Å². The van der Waals surface area contributed by atoms with Crippen molar-refractivity contribution in [3.8, 4) is 0 Å². The quantitative estimate of drug-likeness (QED) is 0.809. The molecule has 0 spiro atoms. The fourth-order valence-corrected chi connectivity index (χ4v) is 3.37. The van der Waals surface area contributed by atoms with E-state index in [0.29, 0.717) is 0 Å². The summed E-state index contributed by atoms with van der Waals surface area (Å²) in [5.41, 5.74) is 4.50. The van der Waals surface area contributed by atoms with E-state index in [4.69, 9.17) is 11.6 Å². The van der Waals surface area contributed by atoms with Crippen LogP contribution in [0.4, 0.5) is 5.69 Å². The molecule has 1 aromatic carbocycles. The van der Waals surface area contributed by atoms with Crippen LogP contribution in [0.1, 0.15) is 31.0 Å². The zero-order chi connectivity index (χ0) is 13.4. The predicted octanol–water partition coefficient (Wildman–Crippen LogP) is 4.36. The average Bonchev–Trinajstić information content (AvgIpc) is 2.93. The van der Waals surface area contributed by atoms with Gasteiger partial charge in [0.1, 0.15) is 0 Å². The molecule has 2 heterocycles. The van der Waals surface area contributed by atoms with Gasteiger partial charge in [-0.1, -0.05) is 18.5 Å². The van der Waals surface area contributed by atoms with Gasteiger partial charge in [-0.2, -0.15) is 0 Å². The molecular formula is C16H19ClN2. The second-order valence-corrected chi connectivity index (χ2v) is 5.62. The number of pyridine rings is 1. The number of aromatic nitrogens is 1. The summed E-state index contributed by atoms with van der Waals surface area (Å²) in [4.78, 5) is 7.10. The standard InChI is InChI=1S/C16H19ClN2/c1-3-13-11(2)18-15-7-6-12(10-14(15)16(13)17)19-8-4-5-9-19/h6-7,10H,3-5,8-9H2,1-2H3. The number of hydrogen-bond acceptors (Lipinski definition) is 2. The first-order valence-corrected chi connectivity index (χ1v) is 7.42. The van der Waals surface area contributed by atoms with Crippen molar-refractivity contribution in [3.63, 3.8) is 0 Å². The Labute approximate surface area is 119 Å². The lowest BCUT2D eigenvalue weighted by atomic mass is 10.1. The topological polar surface area (TPSA) is 16.1 Å². The van der Waals surface area contributed by atoms with E-state index in [1.54, 1.807) is 0 Å². The Hall–Kier alpha value is -1.28. The lowest BCUT2D eigenvalue weighted by Crippen LogP contribution is -2.17. The number of nitrogens with zero attached hydrogens (tertiary/aromatic N) is 2. The molecule has 0 bridgehead atoms. The molecule has 0 aliphatic carbocycles. The summed E-state index contributed by atoms with van der Waals surface area (Å²) in [6, 6.07) is 6.47. The number of halogens is 1. The second-order valence-electron chi connectivity index (χ2n) is 5.24. The molecule has 2 nitrogen and oxygen atoms in total. The normalized spacial score (nSPS) is 15.4. The number of hydrogen-bond donors (Lipinski definition) is 0. The van der Waals surface area contributed by atoms with Crippen molar-refractivity contribution in [3.05, 3.63) is 34.5 Å². The zero-order valence-electron chi connectivity index (χ0n) is 11.5. The summed E-state index contributed by atoms with van der Waals surface area (Å²) < 4.78 is 0. The molecule has 0 atom stereocenters. The van der Waals surface area contributed by atoms with Gasteiger partial charge in [0.25, 0.3) is 0 Å². The first-order chi connectivity index (χ1) is 9.20. The Balaban J connectivity index is 2.15. The molecule has 0 N–H and O–H groups in total. The summed E-state index contributed by atoms with van der Waals surface area (Å²) in [5, 5.41) is 1.97. The number of aryl methyl sites for hydroxylation is 1. The van der Waals surface area contributed by atoms with Crippen LogP contribution >= 0.6 is 11.6 Å². The molecule has 1 aromatic heterocycles. The Kier molecular flexibility index (Phi) is 3.36. The largest absolute Gasteiger partial charge is 0.372 e. The molecule has 1 fully saturated rings. The van der Waals surface area contributed by atoms with Gasteiger partial charge in [-0.15, -0.1) is 0 Å². The Morgan fingerprint density at radius 1 is 1.26 bits per heavy atom. The lowest BCUT2D eigenvalue weighted by molar-refractivity contribution is 0.949. The SMILES string of the molecule is CCc1c(C)nc2ccc(N3CCCC3)cc2c1Cl. The maximum absolute atomic E-state index is 6.57. The first kappa shape index (κ1) is 12.7. The van der Waals surface area contributed by atoms with Crippen molar-refractivity contribution in [1.82, 2.24) is 4.98 Å². The molecule has 100 valence electrons. The third-order valence-electron chi connectivity index (χ3n) is 4.03. The van der Waals surface area contributed by atoms with Crippen molar-refractivity contribution in [2.75, 3.05) is 18.0 Å². The van der Waals surface area contributed by atoms with E-state index in [0.717, 1.165) is 41.1 Å². The molecule has 0 unspecified atom stereocenters. The molecule has 1 aliphatic heterocycles. The Morgan fingerprint density at radius 3 is 2.68 bits per heavy atom. The highest BCUT2D eigenvalue weighted by Crippen LogP contribution is 2.32. The van der Waals surface area contributed by atoms with Crippen LogP contribution in [0.3, 0.4) is 0 Å².